The Morgan fingerprint density at radius 3 is 2.70 bits per heavy atom. The van der Waals surface area contributed by atoms with Crippen molar-refractivity contribution in [3.63, 3.8) is 0 Å². The van der Waals surface area contributed by atoms with E-state index >= 15 is 0 Å². The number of aliphatic imine (C=N–C) groups is 1. The lowest BCUT2D eigenvalue weighted by Gasteiger charge is -2.41. The summed E-state index contributed by atoms with van der Waals surface area (Å²) in [5.74, 6) is 0.0849. The van der Waals surface area contributed by atoms with Gasteiger partial charge in [0.15, 0.2) is 0 Å². The number of hydrogen-bond donors (Lipinski definition) is 3. The number of fused-ring (bicyclic) bond motifs is 1. The smallest absolute Gasteiger partial charge is 0.409 e. The van der Waals surface area contributed by atoms with Crippen LogP contribution in [-0.2, 0) is 11.3 Å². The fourth-order valence-electron chi connectivity index (χ4n) is 4.59. The van der Waals surface area contributed by atoms with Gasteiger partial charge in [0.25, 0.3) is 5.56 Å². The van der Waals surface area contributed by atoms with Crippen LogP contribution >= 0.6 is 11.9 Å². The van der Waals surface area contributed by atoms with Gasteiger partial charge in [-0.1, -0.05) is 0 Å². The number of carbonyl (C=O) groups is 1. The predicted molar refractivity (Wildman–Crippen MR) is 145 cm³/mol. The molecule has 1 fully saturated rings. The van der Waals surface area contributed by atoms with Gasteiger partial charge in [0.05, 0.1) is 36.5 Å². The van der Waals surface area contributed by atoms with Crippen LogP contribution in [0.4, 0.5) is 16.2 Å². The highest BCUT2D eigenvalue weighted by atomic mass is 32.2. The number of amides is 1. The molecule has 4 N–H and O–H groups in total. The number of amidine groups is 1. The average molecular weight is 524 g/mol. The molecule has 2 aliphatic rings. The molecule has 0 atom stereocenters. The molecule has 1 amide bonds. The van der Waals surface area contributed by atoms with Crippen LogP contribution in [0.5, 0.6) is 0 Å². The minimum Gasteiger partial charge on any atom is -0.453 e. The van der Waals surface area contributed by atoms with Gasteiger partial charge in [0, 0.05) is 36.3 Å². The largest absolute Gasteiger partial charge is 0.453 e. The number of nitrogens with one attached hydrogen (secondary N) is 2. The van der Waals surface area contributed by atoms with E-state index in [1.807, 2.05) is 18.2 Å². The molecule has 0 bridgehead atoms. The van der Waals surface area contributed by atoms with Crippen LogP contribution in [0.3, 0.4) is 0 Å². The Balaban J connectivity index is 1.60. The van der Waals surface area contributed by atoms with Crippen molar-refractivity contribution in [2.75, 3.05) is 25.5 Å². The van der Waals surface area contributed by atoms with E-state index in [4.69, 9.17) is 10.5 Å². The van der Waals surface area contributed by atoms with Gasteiger partial charge in [0.2, 0.25) is 0 Å². The summed E-state index contributed by atoms with van der Waals surface area (Å²) in [6.45, 7) is 8.20. The first-order valence-electron chi connectivity index (χ1n) is 12.2. The van der Waals surface area contributed by atoms with Crippen molar-refractivity contribution >= 4 is 35.3 Å². The predicted octanol–water partition coefficient (Wildman–Crippen LogP) is 3.96. The van der Waals surface area contributed by atoms with Crippen LogP contribution < -0.4 is 16.6 Å². The van der Waals surface area contributed by atoms with Crippen molar-refractivity contribution < 1.29 is 9.53 Å². The summed E-state index contributed by atoms with van der Waals surface area (Å²) >= 11 is 1.73. The maximum absolute atomic E-state index is 12.9. The van der Waals surface area contributed by atoms with E-state index in [0.29, 0.717) is 37.3 Å². The van der Waals surface area contributed by atoms with Gasteiger partial charge in [-0.05, 0) is 75.4 Å². The molecule has 0 radical (unpaired) electrons. The molecular weight excluding hydrogens is 490 g/mol. The maximum Gasteiger partial charge on any atom is 0.409 e. The third kappa shape index (κ3) is 5.76. The Labute approximate surface area is 221 Å². The van der Waals surface area contributed by atoms with Crippen molar-refractivity contribution in [2.24, 2.45) is 10.7 Å². The third-order valence-electron chi connectivity index (χ3n) is 6.75. The molecule has 0 unspecified atom stereocenters. The molecule has 1 aromatic carbocycles. The van der Waals surface area contributed by atoms with Crippen LogP contribution in [0.2, 0.25) is 0 Å². The summed E-state index contributed by atoms with van der Waals surface area (Å²) in [6, 6.07) is 9.91. The van der Waals surface area contributed by atoms with Gasteiger partial charge in [-0.25, -0.2) is 14.1 Å². The van der Waals surface area contributed by atoms with Crippen LogP contribution in [0.1, 0.15) is 51.2 Å². The quantitative estimate of drug-likeness (QED) is 0.304. The summed E-state index contributed by atoms with van der Waals surface area (Å²) in [7, 11) is 1.35. The molecule has 1 saturated heterocycles. The lowest BCUT2D eigenvalue weighted by atomic mass is 9.84. The zero-order valence-corrected chi connectivity index (χ0v) is 22.4. The number of H-pyrrole nitrogens is 1. The van der Waals surface area contributed by atoms with E-state index in [9.17, 15) is 14.9 Å². The number of nitrogens with zero attached hydrogens (tertiary/aromatic N) is 4. The van der Waals surface area contributed by atoms with Gasteiger partial charge in [0.1, 0.15) is 11.4 Å². The molecule has 0 saturated carbocycles. The number of anilines is 1. The first kappa shape index (κ1) is 26.6. The molecule has 2 aliphatic heterocycles. The monoisotopic (exact) mass is 523 g/mol. The number of hydrogen-bond acceptors (Lipinski definition) is 8. The number of nitrogens with two attached hydrogens (primary N) is 1. The first-order chi connectivity index (χ1) is 17.5. The molecular formula is C26H33N7O3S. The van der Waals surface area contributed by atoms with Gasteiger partial charge in [-0.2, -0.15) is 5.26 Å². The second-order valence-corrected chi connectivity index (χ2v) is 11.4. The van der Waals surface area contributed by atoms with Crippen molar-refractivity contribution in [1.29, 1.82) is 5.26 Å². The molecule has 0 spiro atoms. The highest BCUT2D eigenvalue weighted by Crippen LogP contribution is 2.42. The van der Waals surface area contributed by atoms with E-state index in [1.54, 1.807) is 29.1 Å². The highest BCUT2D eigenvalue weighted by Gasteiger charge is 2.37. The molecule has 196 valence electrons. The fraction of sp³-hybridized carbons (Fsp3) is 0.462. The molecule has 4 rings (SSSR count). The van der Waals surface area contributed by atoms with E-state index in [2.05, 4.69) is 46.4 Å². The standard InChI is InChI=1S/C26H33N7O3S/c1-25(2,3)33-16-17-15-18(5-6-20(17)37-33)30-22(28)21-19(7-12-29-23(21)34)31-26(8-11-27)9-13-32(14-10-26)24(35)36-4/h5-7,12,15H,8-10,13-14,16H2,1-4H3,(H2,28,30)(H2,29,31,34). The number of likely N-dealkylation sites (tertiary alicyclic amines) is 1. The summed E-state index contributed by atoms with van der Waals surface area (Å²) in [4.78, 5) is 34.9. The average Bonchev–Trinajstić information content (AvgIpc) is 3.28. The third-order valence-corrected chi connectivity index (χ3v) is 8.24. The number of carbonyl (C=O) groups excluding carboxylic acids is 1. The van der Waals surface area contributed by atoms with E-state index in [0.717, 1.165) is 6.54 Å². The number of nitriles is 1. The zero-order valence-electron chi connectivity index (χ0n) is 21.6. The van der Waals surface area contributed by atoms with Crippen molar-refractivity contribution in [3.05, 3.63) is 51.9 Å². The summed E-state index contributed by atoms with van der Waals surface area (Å²) in [5.41, 5.74) is 8.00. The van der Waals surface area contributed by atoms with Crippen LogP contribution in [0.15, 0.2) is 45.1 Å². The Morgan fingerprint density at radius 1 is 1.32 bits per heavy atom. The number of ether oxygens (including phenoxy) is 1. The van der Waals surface area contributed by atoms with Crippen LogP contribution in [-0.4, -0.2) is 57.4 Å². The molecule has 37 heavy (non-hydrogen) atoms. The van der Waals surface area contributed by atoms with Crippen molar-refractivity contribution in [3.8, 4) is 6.07 Å². The molecule has 0 aliphatic carbocycles. The lowest BCUT2D eigenvalue weighted by molar-refractivity contribution is 0.104. The Bertz CT molecular complexity index is 1300. The number of aromatic amines is 1. The molecule has 1 aromatic heterocycles. The minimum atomic E-state index is -0.622. The number of pyridine rings is 1. The van der Waals surface area contributed by atoms with Gasteiger partial charge < -0.3 is 25.7 Å². The fourth-order valence-corrected chi connectivity index (χ4v) is 5.67. The zero-order chi connectivity index (χ0) is 26.8. The van der Waals surface area contributed by atoms with Crippen LogP contribution in [0, 0.1) is 11.3 Å². The Morgan fingerprint density at radius 2 is 2.05 bits per heavy atom. The van der Waals surface area contributed by atoms with Gasteiger partial charge in [-0.3, -0.25) is 4.79 Å². The normalized spacial score (nSPS) is 17.7. The van der Waals surface area contributed by atoms with E-state index < -0.39 is 11.6 Å². The molecule has 11 heteroatoms. The SMILES string of the molecule is COC(=O)N1CCC(CC#N)(Nc2cc[nH]c(=O)c2C(N)=Nc2ccc3c(c2)CN(C(C)(C)C)S3)CC1. The minimum absolute atomic E-state index is 0.0242. The number of piperidine rings is 1. The molecule has 2 aromatic rings. The highest BCUT2D eigenvalue weighted by molar-refractivity contribution is 7.97. The van der Waals surface area contributed by atoms with Gasteiger partial charge in [-0.15, -0.1) is 0 Å². The lowest BCUT2D eigenvalue weighted by Crippen LogP contribution is -2.51. The first-order valence-corrected chi connectivity index (χ1v) is 13.0. The number of benzene rings is 1. The molecule has 10 nitrogen and oxygen atoms in total. The molecule has 3 heterocycles. The summed E-state index contributed by atoms with van der Waals surface area (Å²) < 4.78 is 7.15. The topological polar surface area (TPSA) is 140 Å². The maximum atomic E-state index is 12.9. The number of aromatic nitrogens is 1. The van der Waals surface area contributed by atoms with Crippen molar-refractivity contribution in [2.45, 2.75) is 62.6 Å². The summed E-state index contributed by atoms with van der Waals surface area (Å²) in [6.07, 6.45) is 2.39. The Kier molecular flexibility index (Phi) is 7.52. The van der Waals surface area contributed by atoms with E-state index in [1.165, 1.54) is 17.6 Å². The van der Waals surface area contributed by atoms with Crippen molar-refractivity contribution in [1.82, 2.24) is 14.2 Å². The van der Waals surface area contributed by atoms with Gasteiger partial charge >= 0.3 is 6.09 Å². The summed E-state index contributed by atoms with van der Waals surface area (Å²) in [5, 5.41) is 13.0. The second-order valence-electron chi connectivity index (χ2n) is 10.4. The number of rotatable bonds is 5. The second kappa shape index (κ2) is 10.5. The van der Waals surface area contributed by atoms with Crippen LogP contribution in [0.25, 0.3) is 0 Å². The number of methoxy groups -OCH3 is 1. The Hall–Kier alpha value is -3.49. The van der Waals surface area contributed by atoms with E-state index in [-0.39, 0.29) is 28.9 Å².